The fourth-order valence-corrected chi connectivity index (χ4v) is 3.80. The normalized spacial score (nSPS) is 19.3. The topological polar surface area (TPSA) is 34.2 Å². The van der Waals surface area contributed by atoms with Crippen LogP contribution in [0, 0.1) is 0 Å². The van der Waals surface area contributed by atoms with E-state index in [-0.39, 0.29) is 6.17 Å². The van der Waals surface area contributed by atoms with Crippen LogP contribution in [0.25, 0.3) is 0 Å². The van der Waals surface area contributed by atoms with Gasteiger partial charge >= 0.3 is 0 Å². The SMILES string of the molecule is c1ccc(COc2cccc(C(N3CCOCC3)N3CCOCC3)c2)cc1. The molecule has 0 amide bonds. The van der Waals surface area contributed by atoms with Crippen molar-refractivity contribution in [2.24, 2.45) is 0 Å². The molecule has 5 heteroatoms. The third-order valence-electron chi connectivity index (χ3n) is 5.19. The summed E-state index contributed by atoms with van der Waals surface area (Å²) in [6.07, 6.45) is 0.248. The molecular weight excluding hydrogens is 340 g/mol. The van der Waals surface area contributed by atoms with Crippen LogP contribution in [0.15, 0.2) is 54.6 Å². The summed E-state index contributed by atoms with van der Waals surface area (Å²) in [5, 5.41) is 0. The number of morpholine rings is 2. The maximum Gasteiger partial charge on any atom is 0.120 e. The largest absolute Gasteiger partial charge is 0.489 e. The quantitative estimate of drug-likeness (QED) is 0.783. The summed E-state index contributed by atoms with van der Waals surface area (Å²) < 4.78 is 17.2. The van der Waals surface area contributed by atoms with E-state index in [2.05, 4.69) is 40.1 Å². The van der Waals surface area contributed by atoms with Crippen molar-refractivity contribution in [2.45, 2.75) is 12.8 Å². The van der Waals surface area contributed by atoms with E-state index in [1.807, 2.05) is 24.3 Å². The molecular formula is C22H28N2O3. The average molecular weight is 368 g/mol. The second-order valence-electron chi connectivity index (χ2n) is 7.02. The van der Waals surface area contributed by atoms with E-state index in [1.165, 1.54) is 11.1 Å². The molecule has 144 valence electrons. The van der Waals surface area contributed by atoms with Gasteiger partial charge in [0.1, 0.15) is 12.4 Å². The van der Waals surface area contributed by atoms with Crippen molar-refractivity contribution in [1.29, 1.82) is 0 Å². The molecule has 0 radical (unpaired) electrons. The van der Waals surface area contributed by atoms with Crippen LogP contribution < -0.4 is 4.74 Å². The molecule has 2 fully saturated rings. The molecule has 2 saturated heterocycles. The number of hydrogen-bond acceptors (Lipinski definition) is 5. The molecule has 0 unspecified atom stereocenters. The van der Waals surface area contributed by atoms with Gasteiger partial charge in [-0.15, -0.1) is 0 Å². The van der Waals surface area contributed by atoms with Crippen molar-refractivity contribution in [3.63, 3.8) is 0 Å². The van der Waals surface area contributed by atoms with E-state index >= 15 is 0 Å². The third kappa shape index (κ3) is 4.87. The minimum absolute atomic E-state index is 0.248. The lowest BCUT2D eigenvalue weighted by Crippen LogP contribution is -2.50. The highest BCUT2D eigenvalue weighted by Gasteiger charge is 2.29. The van der Waals surface area contributed by atoms with Crippen LogP contribution in [0.2, 0.25) is 0 Å². The summed E-state index contributed by atoms with van der Waals surface area (Å²) in [7, 11) is 0. The van der Waals surface area contributed by atoms with Gasteiger partial charge in [-0.1, -0.05) is 42.5 Å². The predicted octanol–water partition coefficient (Wildman–Crippen LogP) is 2.93. The summed E-state index contributed by atoms with van der Waals surface area (Å²) >= 11 is 0. The van der Waals surface area contributed by atoms with E-state index in [9.17, 15) is 0 Å². The molecule has 2 heterocycles. The molecule has 27 heavy (non-hydrogen) atoms. The zero-order valence-corrected chi connectivity index (χ0v) is 15.8. The third-order valence-corrected chi connectivity index (χ3v) is 5.19. The maximum atomic E-state index is 6.07. The first-order valence-corrected chi connectivity index (χ1v) is 9.80. The highest BCUT2D eigenvalue weighted by Crippen LogP contribution is 2.29. The Hall–Kier alpha value is -1.92. The van der Waals surface area contributed by atoms with E-state index in [4.69, 9.17) is 14.2 Å². The van der Waals surface area contributed by atoms with E-state index in [0.29, 0.717) is 6.61 Å². The van der Waals surface area contributed by atoms with Crippen molar-refractivity contribution < 1.29 is 14.2 Å². The maximum absolute atomic E-state index is 6.07. The van der Waals surface area contributed by atoms with Crippen molar-refractivity contribution in [1.82, 2.24) is 9.80 Å². The lowest BCUT2D eigenvalue weighted by atomic mass is 10.1. The van der Waals surface area contributed by atoms with E-state index in [1.54, 1.807) is 0 Å². The van der Waals surface area contributed by atoms with Crippen LogP contribution in [0.3, 0.4) is 0 Å². The minimum atomic E-state index is 0.248. The molecule has 0 atom stereocenters. The zero-order valence-electron chi connectivity index (χ0n) is 15.8. The molecule has 0 aromatic heterocycles. The van der Waals surface area contributed by atoms with Gasteiger partial charge in [0.05, 0.1) is 32.6 Å². The molecule has 0 bridgehead atoms. The standard InChI is InChI=1S/C22H28N2O3/c1-2-5-19(6-3-1)18-27-21-8-4-7-20(17-21)22(23-9-13-25-14-10-23)24-11-15-26-16-12-24/h1-8,17,22H,9-16,18H2. The monoisotopic (exact) mass is 368 g/mol. The van der Waals surface area contributed by atoms with Crippen LogP contribution in [-0.4, -0.2) is 62.4 Å². The second kappa shape index (κ2) is 9.33. The van der Waals surface area contributed by atoms with Crippen LogP contribution in [0.1, 0.15) is 17.3 Å². The summed E-state index contributed by atoms with van der Waals surface area (Å²) in [5.74, 6) is 0.919. The van der Waals surface area contributed by atoms with Gasteiger partial charge in [-0.05, 0) is 23.3 Å². The van der Waals surface area contributed by atoms with Gasteiger partial charge in [0, 0.05) is 26.2 Å². The van der Waals surface area contributed by atoms with Crippen LogP contribution in [0.5, 0.6) is 5.75 Å². The first-order valence-electron chi connectivity index (χ1n) is 9.80. The lowest BCUT2D eigenvalue weighted by molar-refractivity contribution is -0.0676. The van der Waals surface area contributed by atoms with Crippen LogP contribution in [-0.2, 0) is 16.1 Å². The lowest BCUT2D eigenvalue weighted by Gasteiger charge is -2.43. The second-order valence-corrected chi connectivity index (χ2v) is 7.02. The molecule has 0 aliphatic carbocycles. The molecule has 4 rings (SSSR count). The van der Waals surface area contributed by atoms with E-state index < -0.39 is 0 Å². The highest BCUT2D eigenvalue weighted by molar-refractivity contribution is 5.31. The van der Waals surface area contributed by atoms with Gasteiger partial charge in [-0.2, -0.15) is 0 Å². The molecule has 2 aliphatic heterocycles. The molecule has 0 spiro atoms. The number of nitrogens with zero attached hydrogens (tertiary/aromatic N) is 2. The molecule has 2 aliphatic rings. The van der Waals surface area contributed by atoms with Gasteiger partial charge in [0.25, 0.3) is 0 Å². The molecule has 0 saturated carbocycles. The van der Waals surface area contributed by atoms with Crippen molar-refractivity contribution in [3.8, 4) is 5.75 Å². The number of hydrogen-bond donors (Lipinski definition) is 0. The average Bonchev–Trinajstić information content (AvgIpc) is 2.75. The van der Waals surface area contributed by atoms with E-state index in [0.717, 1.165) is 58.4 Å². The smallest absolute Gasteiger partial charge is 0.120 e. The fraction of sp³-hybridized carbons (Fsp3) is 0.455. The summed E-state index contributed by atoms with van der Waals surface area (Å²) in [5.41, 5.74) is 2.46. The Morgan fingerprint density at radius 3 is 2.04 bits per heavy atom. The zero-order chi connectivity index (χ0) is 18.3. The highest BCUT2D eigenvalue weighted by atomic mass is 16.5. The first-order chi connectivity index (χ1) is 13.4. The van der Waals surface area contributed by atoms with Gasteiger partial charge in [-0.3, -0.25) is 9.80 Å². The van der Waals surface area contributed by atoms with Gasteiger partial charge in [0.2, 0.25) is 0 Å². The Morgan fingerprint density at radius 2 is 1.41 bits per heavy atom. The number of benzene rings is 2. The molecule has 5 nitrogen and oxygen atoms in total. The van der Waals surface area contributed by atoms with Gasteiger partial charge in [0.15, 0.2) is 0 Å². The first kappa shape index (κ1) is 18.4. The molecule has 2 aromatic carbocycles. The number of ether oxygens (including phenoxy) is 3. The predicted molar refractivity (Wildman–Crippen MR) is 105 cm³/mol. The Bertz CT molecular complexity index is 680. The molecule has 0 N–H and O–H groups in total. The number of rotatable bonds is 6. The fourth-order valence-electron chi connectivity index (χ4n) is 3.80. The summed E-state index contributed by atoms with van der Waals surface area (Å²) in [6.45, 7) is 7.60. The Labute approximate surface area is 161 Å². The Balaban J connectivity index is 1.52. The Morgan fingerprint density at radius 1 is 0.778 bits per heavy atom. The molecule has 2 aromatic rings. The van der Waals surface area contributed by atoms with Gasteiger partial charge < -0.3 is 14.2 Å². The summed E-state index contributed by atoms with van der Waals surface area (Å²) in [6, 6.07) is 18.8. The minimum Gasteiger partial charge on any atom is -0.489 e. The van der Waals surface area contributed by atoms with Crippen molar-refractivity contribution in [3.05, 3.63) is 65.7 Å². The van der Waals surface area contributed by atoms with Crippen molar-refractivity contribution >= 4 is 0 Å². The Kier molecular flexibility index (Phi) is 6.37. The van der Waals surface area contributed by atoms with Crippen LogP contribution in [0.4, 0.5) is 0 Å². The van der Waals surface area contributed by atoms with Crippen molar-refractivity contribution in [2.75, 3.05) is 52.6 Å². The summed E-state index contributed by atoms with van der Waals surface area (Å²) in [4.78, 5) is 5.04. The van der Waals surface area contributed by atoms with Crippen LogP contribution >= 0.6 is 0 Å². The van der Waals surface area contributed by atoms with Gasteiger partial charge in [-0.25, -0.2) is 0 Å².